The van der Waals surface area contributed by atoms with E-state index in [9.17, 15) is 28.8 Å². The lowest BCUT2D eigenvalue weighted by Crippen LogP contribution is -2.21. The highest BCUT2D eigenvalue weighted by Gasteiger charge is 2.30. The molecule has 0 aliphatic carbocycles. The summed E-state index contributed by atoms with van der Waals surface area (Å²) in [5.74, 6) is -3.37. The van der Waals surface area contributed by atoms with Crippen LogP contribution in [0.3, 0.4) is 0 Å². The van der Waals surface area contributed by atoms with Gasteiger partial charge in [-0.3, -0.25) is 0 Å². The molecule has 0 atom stereocenters. The molecule has 0 N–H and O–H groups in total. The van der Waals surface area contributed by atoms with Crippen molar-refractivity contribution in [2.45, 2.75) is 0 Å². The average molecular weight is 1220 g/mol. The van der Waals surface area contributed by atoms with Crippen molar-refractivity contribution in [3.05, 3.63) is 171 Å². The van der Waals surface area contributed by atoms with Crippen LogP contribution in [0, 0.1) is 10.7 Å². The largest absolute Gasteiger partial charge is 0.465 e. The van der Waals surface area contributed by atoms with E-state index in [1.54, 1.807) is 119 Å². The first-order valence-corrected chi connectivity index (χ1v) is 22.2. The molecule has 0 aliphatic heterocycles. The van der Waals surface area contributed by atoms with Gasteiger partial charge in [-0.25, -0.2) is 28.8 Å². The van der Waals surface area contributed by atoms with E-state index in [1.807, 2.05) is 18.2 Å². The Bertz CT molecular complexity index is 2480. The fraction of sp³-hybridized carbons (Fsp3) is 0.125. The van der Waals surface area contributed by atoms with Crippen molar-refractivity contribution < 1.29 is 57.2 Å². The van der Waals surface area contributed by atoms with E-state index in [0.29, 0.717) is 34.1 Å². The van der Waals surface area contributed by atoms with E-state index in [2.05, 4.69) is 67.8 Å². The number of hydrogen-bond acceptors (Lipinski definition) is 14. The summed E-state index contributed by atoms with van der Waals surface area (Å²) >= 11 is 6.31. The SMILES string of the molecule is COC(=O)c1cc(I)ccc1N(c1ccc(I)cc1C(=O)OC)c1ccc(I)cc1C(=O)OC.COC(=O)c1ccccc1N(c1ccccc1C(=O)OC)c1ccccc1C(=O)OC. The van der Waals surface area contributed by atoms with Crippen LogP contribution in [-0.2, 0) is 28.4 Å². The number of halogens is 3. The van der Waals surface area contributed by atoms with Gasteiger partial charge in [0, 0.05) is 10.7 Å². The number of hydrogen-bond donors (Lipinski definition) is 0. The summed E-state index contributed by atoms with van der Waals surface area (Å²) in [5.41, 5.74) is 4.07. The van der Waals surface area contributed by atoms with Crippen molar-refractivity contribution >= 4 is 138 Å². The molecule has 6 rings (SSSR count). The number of esters is 6. The zero-order valence-corrected chi connectivity index (χ0v) is 42.0. The van der Waals surface area contributed by atoms with E-state index in [4.69, 9.17) is 28.4 Å². The molecular formula is C48H39I3N2O12. The Morgan fingerprint density at radius 3 is 0.738 bits per heavy atom. The Kier molecular flexibility index (Phi) is 17.8. The minimum absolute atomic E-state index is 0.254. The zero-order valence-electron chi connectivity index (χ0n) is 35.6. The summed E-state index contributed by atoms with van der Waals surface area (Å²) in [6.07, 6.45) is 0. The van der Waals surface area contributed by atoms with Crippen molar-refractivity contribution in [2.24, 2.45) is 0 Å². The molecule has 6 aromatic carbocycles. The highest BCUT2D eigenvalue weighted by Crippen LogP contribution is 2.43. The van der Waals surface area contributed by atoms with E-state index < -0.39 is 35.8 Å². The van der Waals surface area contributed by atoms with Crippen LogP contribution in [0.5, 0.6) is 0 Å². The van der Waals surface area contributed by atoms with Crippen molar-refractivity contribution in [3.8, 4) is 0 Å². The fourth-order valence-electron chi connectivity index (χ4n) is 6.56. The Balaban J connectivity index is 0.000000245. The summed E-state index contributed by atoms with van der Waals surface area (Å²) in [7, 11) is 7.75. The average Bonchev–Trinajstić information content (AvgIpc) is 3.34. The molecule has 6 aromatic rings. The number of carbonyl (C=O) groups is 6. The predicted molar refractivity (Wildman–Crippen MR) is 268 cm³/mol. The molecule has 65 heavy (non-hydrogen) atoms. The molecule has 0 aromatic heterocycles. The molecule has 334 valence electrons. The normalized spacial score (nSPS) is 10.3. The minimum atomic E-state index is -0.563. The summed E-state index contributed by atoms with van der Waals surface area (Å²) in [6, 6.07) is 36.0. The van der Waals surface area contributed by atoms with Gasteiger partial charge in [-0.2, -0.15) is 0 Å². The Morgan fingerprint density at radius 1 is 0.308 bits per heavy atom. The van der Waals surface area contributed by atoms with Gasteiger partial charge in [0.25, 0.3) is 0 Å². The lowest BCUT2D eigenvalue weighted by molar-refractivity contribution is 0.0590. The Hall–Kier alpha value is -6.07. The molecule has 0 saturated carbocycles. The number of carbonyl (C=O) groups excluding carboxylic acids is 6. The minimum Gasteiger partial charge on any atom is -0.465 e. The van der Waals surface area contributed by atoms with Crippen LogP contribution < -0.4 is 9.80 Å². The second-order valence-electron chi connectivity index (χ2n) is 13.2. The second-order valence-corrected chi connectivity index (χ2v) is 16.9. The molecule has 0 aliphatic rings. The quantitative estimate of drug-likeness (QED) is 0.0646. The van der Waals surface area contributed by atoms with Crippen LogP contribution >= 0.6 is 67.8 Å². The van der Waals surface area contributed by atoms with Crippen LogP contribution in [0.15, 0.2) is 127 Å². The zero-order chi connectivity index (χ0) is 47.4. The van der Waals surface area contributed by atoms with E-state index >= 15 is 0 Å². The van der Waals surface area contributed by atoms with Crippen molar-refractivity contribution in [2.75, 3.05) is 52.5 Å². The van der Waals surface area contributed by atoms with Crippen molar-refractivity contribution in [3.63, 3.8) is 0 Å². The molecule has 0 unspecified atom stereocenters. The highest BCUT2D eigenvalue weighted by molar-refractivity contribution is 14.1. The Morgan fingerprint density at radius 2 is 0.508 bits per heavy atom. The number of benzene rings is 6. The lowest BCUT2D eigenvalue weighted by Gasteiger charge is -2.30. The van der Waals surface area contributed by atoms with Gasteiger partial charge in [0.2, 0.25) is 0 Å². The third-order valence-corrected chi connectivity index (χ3v) is 11.5. The molecule has 0 fully saturated rings. The summed E-state index contributed by atoms with van der Waals surface area (Å²) < 4.78 is 32.4. The first-order chi connectivity index (χ1) is 31.2. The van der Waals surface area contributed by atoms with Crippen LogP contribution in [0.2, 0.25) is 0 Å². The number of nitrogens with zero attached hydrogens (tertiary/aromatic N) is 2. The summed E-state index contributed by atoms with van der Waals surface area (Å²) in [5, 5.41) is 0. The highest BCUT2D eigenvalue weighted by atomic mass is 127. The molecule has 0 amide bonds. The van der Waals surface area contributed by atoms with Gasteiger partial charge in [0.05, 0.1) is 110 Å². The first-order valence-electron chi connectivity index (χ1n) is 19.0. The van der Waals surface area contributed by atoms with Crippen molar-refractivity contribution in [1.29, 1.82) is 0 Å². The molecule has 0 bridgehead atoms. The summed E-state index contributed by atoms with van der Waals surface area (Å²) in [6.45, 7) is 0. The molecule has 17 heteroatoms. The van der Waals surface area contributed by atoms with Gasteiger partial charge in [0.1, 0.15) is 0 Å². The first kappa shape index (κ1) is 49.9. The smallest absolute Gasteiger partial charge is 0.340 e. The maximum absolute atomic E-state index is 12.8. The van der Waals surface area contributed by atoms with Crippen LogP contribution in [0.1, 0.15) is 62.1 Å². The van der Waals surface area contributed by atoms with Crippen LogP contribution in [0.25, 0.3) is 0 Å². The van der Waals surface area contributed by atoms with E-state index in [0.717, 1.165) is 10.7 Å². The van der Waals surface area contributed by atoms with E-state index in [-0.39, 0.29) is 33.4 Å². The molecule has 0 heterocycles. The third kappa shape index (κ3) is 11.4. The molecular weight excluding hydrogens is 1180 g/mol. The number of rotatable bonds is 12. The van der Waals surface area contributed by atoms with Crippen LogP contribution in [0.4, 0.5) is 34.1 Å². The van der Waals surface area contributed by atoms with Gasteiger partial charge in [-0.1, -0.05) is 36.4 Å². The topological polar surface area (TPSA) is 164 Å². The van der Waals surface area contributed by atoms with E-state index in [1.165, 1.54) is 42.7 Å². The van der Waals surface area contributed by atoms with Gasteiger partial charge in [-0.15, -0.1) is 0 Å². The lowest BCUT2D eigenvalue weighted by atomic mass is 10.0. The number of ether oxygens (including phenoxy) is 6. The molecule has 0 spiro atoms. The number of para-hydroxylation sites is 3. The Labute approximate surface area is 415 Å². The third-order valence-electron chi connectivity index (χ3n) is 9.47. The molecule has 0 radical (unpaired) electrons. The van der Waals surface area contributed by atoms with Gasteiger partial charge in [-0.05, 0) is 159 Å². The molecule has 14 nitrogen and oxygen atoms in total. The van der Waals surface area contributed by atoms with Gasteiger partial charge < -0.3 is 38.2 Å². The predicted octanol–water partition coefficient (Wildman–Crippen LogP) is 10.8. The standard InChI is InChI=1S/C24H18I3NO6.C24H21NO6/c1-32-22(29)16-10-13(25)4-7-19(16)28(20-8-5-14(26)11-17(20)23(30)33-2)21-9-6-15(27)12-18(21)24(31)34-3;1-29-22(26)16-10-4-7-13-19(16)25(20-14-8-5-11-17(20)23(27)30-2)21-15-9-6-12-18(21)24(28)31-3/h4-12H,1-3H3;4-15H,1-3H3. The van der Waals surface area contributed by atoms with Gasteiger partial charge >= 0.3 is 35.8 Å². The fourth-order valence-corrected chi connectivity index (χ4v) is 8.04. The van der Waals surface area contributed by atoms with Crippen molar-refractivity contribution in [1.82, 2.24) is 0 Å². The maximum Gasteiger partial charge on any atom is 0.340 e. The number of methoxy groups -OCH3 is 6. The number of anilines is 6. The van der Waals surface area contributed by atoms with Crippen LogP contribution in [-0.4, -0.2) is 78.5 Å². The monoisotopic (exact) mass is 1220 g/mol. The summed E-state index contributed by atoms with van der Waals surface area (Å²) in [4.78, 5) is 79.2. The molecule has 0 saturated heterocycles. The second kappa shape index (κ2) is 23.2. The van der Waals surface area contributed by atoms with Gasteiger partial charge in [0.15, 0.2) is 0 Å². The maximum atomic E-state index is 12.8.